The second-order valence-electron chi connectivity index (χ2n) is 5.51. The lowest BCUT2D eigenvalue weighted by Gasteiger charge is -2.21. The number of hydrogen-bond donors (Lipinski definition) is 0. The van der Waals surface area contributed by atoms with Gasteiger partial charge >= 0.3 is 0 Å². The van der Waals surface area contributed by atoms with Gasteiger partial charge < -0.3 is 4.74 Å². The summed E-state index contributed by atoms with van der Waals surface area (Å²) in [6.07, 6.45) is 0. The van der Waals surface area contributed by atoms with Crippen LogP contribution in [0.3, 0.4) is 0 Å². The SMILES string of the molecule is CC1COC(c2c(Cl)cccc2[Si](C)(C)C)=N1. The molecule has 0 N–H and O–H groups in total. The summed E-state index contributed by atoms with van der Waals surface area (Å²) in [6.45, 7) is 9.63. The average Bonchev–Trinajstić information content (AvgIpc) is 2.63. The zero-order valence-corrected chi connectivity index (χ0v) is 12.5. The number of benzene rings is 1. The van der Waals surface area contributed by atoms with E-state index in [2.05, 4.69) is 37.6 Å². The van der Waals surface area contributed by atoms with Crippen molar-refractivity contribution in [2.75, 3.05) is 6.61 Å². The lowest BCUT2D eigenvalue weighted by molar-refractivity contribution is 0.324. The average molecular weight is 268 g/mol. The zero-order valence-electron chi connectivity index (χ0n) is 10.7. The van der Waals surface area contributed by atoms with Crippen LogP contribution < -0.4 is 5.19 Å². The molecule has 2 rings (SSSR count). The Morgan fingerprint density at radius 3 is 2.59 bits per heavy atom. The molecule has 0 saturated heterocycles. The highest BCUT2D eigenvalue weighted by molar-refractivity contribution is 6.89. The third kappa shape index (κ3) is 2.55. The van der Waals surface area contributed by atoms with E-state index in [1.807, 2.05) is 12.1 Å². The van der Waals surface area contributed by atoms with E-state index in [0.29, 0.717) is 6.61 Å². The second-order valence-corrected chi connectivity index (χ2v) is 11.0. The molecule has 0 amide bonds. The zero-order chi connectivity index (χ0) is 12.6. The molecule has 1 heterocycles. The van der Waals surface area contributed by atoms with Crippen molar-refractivity contribution in [2.45, 2.75) is 32.6 Å². The summed E-state index contributed by atoms with van der Waals surface area (Å²) in [5, 5.41) is 2.07. The Balaban J connectivity index is 2.56. The van der Waals surface area contributed by atoms with Crippen LogP contribution in [0.4, 0.5) is 0 Å². The molecule has 92 valence electrons. The smallest absolute Gasteiger partial charge is 0.217 e. The molecular formula is C13H18ClNOSi. The third-order valence-electron chi connectivity index (χ3n) is 2.83. The van der Waals surface area contributed by atoms with E-state index in [4.69, 9.17) is 16.3 Å². The maximum atomic E-state index is 6.32. The molecule has 1 aliphatic rings. The molecule has 0 radical (unpaired) electrons. The van der Waals surface area contributed by atoms with Gasteiger partial charge in [-0.1, -0.05) is 43.4 Å². The predicted octanol–water partition coefficient (Wildman–Crippen LogP) is 3.05. The summed E-state index contributed by atoms with van der Waals surface area (Å²) in [6, 6.07) is 6.31. The first-order valence-electron chi connectivity index (χ1n) is 5.89. The van der Waals surface area contributed by atoms with Gasteiger partial charge in [-0.2, -0.15) is 0 Å². The number of rotatable bonds is 2. The first-order valence-corrected chi connectivity index (χ1v) is 9.77. The maximum Gasteiger partial charge on any atom is 0.217 e. The highest BCUT2D eigenvalue weighted by Crippen LogP contribution is 2.21. The van der Waals surface area contributed by atoms with Gasteiger partial charge in [0, 0.05) is 0 Å². The molecular weight excluding hydrogens is 250 g/mol. The summed E-state index contributed by atoms with van der Waals surface area (Å²) < 4.78 is 5.66. The topological polar surface area (TPSA) is 21.6 Å². The van der Waals surface area contributed by atoms with Crippen LogP contribution in [-0.4, -0.2) is 26.6 Å². The van der Waals surface area contributed by atoms with Gasteiger partial charge in [0.2, 0.25) is 5.90 Å². The summed E-state index contributed by atoms with van der Waals surface area (Å²) in [5.74, 6) is 0.723. The van der Waals surface area contributed by atoms with Crippen molar-refractivity contribution in [3.05, 3.63) is 28.8 Å². The minimum absolute atomic E-state index is 0.232. The molecule has 4 heteroatoms. The van der Waals surface area contributed by atoms with Gasteiger partial charge in [-0.25, -0.2) is 4.99 Å². The van der Waals surface area contributed by atoms with Crippen LogP contribution in [0.1, 0.15) is 12.5 Å². The molecule has 1 atom stereocenters. The Morgan fingerprint density at radius 1 is 1.35 bits per heavy atom. The molecule has 0 aromatic heterocycles. The molecule has 0 bridgehead atoms. The van der Waals surface area contributed by atoms with Crippen LogP contribution in [0.15, 0.2) is 23.2 Å². The largest absolute Gasteiger partial charge is 0.475 e. The number of ether oxygens (including phenoxy) is 1. The fraction of sp³-hybridized carbons (Fsp3) is 0.462. The lowest BCUT2D eigenvalue weighted by atomic mass is 10.2. The minimum Gasteiger partial charge on any atom is -0.475 e. The van der Waals surface area contributed by atoms with Crippen molar-refractivity contribution >= 4 is 30.8 Å². The second kappa shape index (κ2) is 4.46. The molecule has 1 unspecified atom stereocenters. The van der Waals surface area contributed by atoms with Crippen molar-refractivity contribution in [3.8, 4) is 0 Å². The predicted molar refractivity (Wildman–Crippen MR) is 76.4 cm³/mol. The highest BCUT2D eigenvalue weighted by Gasteiger charge is 2.27. The molecule has 0 fully saturated rings. The Labute approximate surface area is 109 Å². The number of aliphatic imine (C=N–C) groups is 1. The standard InChI is InChI=1S/C13H18ClNOSi/c1-9-8-16-13(15-9)12-10(14)6-5-7-11(12)17(2,3)4/h5-7,9H,8H2,1-4H3. The van der Waals surface area contributed by atoms with Crippen LogP contribution in [0.5, 0.6) is 0 Å². The molecule has 17 heavy (non-hydrogen) atoms. The Hall–Kier alpha value is -0.803. The van der Waals surface area contributed by atoms with Crippen molar-refractivity contribution in [3.63, 3.8) is 0 Å². The first kappa shape index (κ1) is 12.6. The van der Waals surface area contributed by atoms with Gasteiger partial charge in [0.05, 0.1) is 24.7 Å². The third-order valence-corrected chi connectivity index (χ3v) is 5.18. The van der Waals surface area contributed by atoms with Gasteiger partial charge in [0.25, 0.3) is 0 Å². The number of nitrogens with zero attached hydrogens (tertiary/aromatic N) is 1. The van der Waals surface area contributed by atoms with Crippen molar-refractivity contribution in [1.29, 1.82) is 0 Å². The fourth-order valence-corrected chi connectivity index (χ4v) is 3.90. The van der Waals surface area contributed by atoms with Gasteiger partial charge in [-0.15, -0.1) is 0 Å². The first-order chi connectivity index (χ1) is 7.89. The van der Waals surface area contributed by atoms with Gasteiger partial charge in [0.1, 0.15) is 6.61 Å². The van der Waals surface area contributed by atoms with E-state index in [1.165, 1.54) is 5.19 Å². The summed E-state index contributed by atoms with van der Waals surface area (Å²) in [4.78, 5) is 4.53. The lowest BCUT2D eigenvalue weighted by Crippen LogP contribution is -2.41. The fourth-order valence-electron chi connectivity index (χ4n) is 1.98. The van der Waals surface area contributed by atoms with Gasteiger partial charge in [0.15, 0.2) is 0 Å². The molecule has 1 aliphatic heterocycles. The van der Waals surface area contributed by atoms with Crippen molar-refractivity contribution < 1.29 is 4.74 Å². The van der Waals surface area contributed by atoms with Crippen LogP contribution in [0.2, 0.25) is 24.7 Å². The van der Waals surface area contributed by atoms with Crippen LogP contribution in [0.25, 0.3) is 0 Å². The number of hydrogen-bond acceptors (Lipinski definition) is 2. The molecule has 1 aromatic rings. The number of halogens is 1. The van der Waals surface area contributed by atoms with E-state index in [0.717, 1.165) is 16.5 Å². The monoisotopic (exact) mass is 267 g/mol. The van der Waals surface area contributed by atoms with E-state index < -0.39 is 8.07 Å². The summed E-state index contributed by atoms with van der Waals surface area (Å²) in [5.41, 5.74) is 1.01. The molecule has 2 nitrogen and oxygen atoms in total. The Morgan fingerprint density at radius 2 is 2.06 bits per heavy atom. The molecule has 0 saturated carbocycles. The highest BCUT2D eigenvalue weighted by atomic mass is 35.5. The van der Waals surface area contributed by atoms with E-state index >= 15 is 0 Å². The van der Waals surface area contributed by atoms with Crippen LogP contribution in [-0.2, 0) is 4.74 Å². The van der Waals surface area contributed by atoms with Gasteiger partial charge in [-0.3, -0.25) is 0 Å². The molecule has 1 aromatic carbocycles. The van der Waals surface area contributed by atoms with Gasteiger partial charge in [-0.05, 0) is 18.2 Å². The van der Waals surface area contributed by atoms with Crippen molar-refractivity contribution in [1.82, 2.24) is 0 Å². The molecule has 0 spiro atoms. The normalized spacial score (nSPS) is 20.1. The van der Waals surface area contributed by atoms with Crippen molar-refractivity contribution in [2.24, 2.45) is 4.99 Å². The van der Waals surface area contributed by atoms with Crippen LogP contribution >= 0.6 is 11.6 Å². The Bertz CT molecular complexity index is 465. The van der Waals surface area contributed by atoms with E-state index in [1.54, 1.807) is 0 Å². The molecule has 0 aliphatic carbocycles. The van der Waals surface area contributed by atoms with E-state index in [9.17, 15) is 0 Å². The van der Waals surface area contributed by atoms with E-state index in [-0.39, 0.29) is 6.04 Å². The minimum atomic E-state index is -1.44. The summed E-state index contributed by atoms with van der Waals surface area (Å²) >= 11 is 6.32. The maximum absolute atomic E-state index is 6.32. The van der Waals surface area contributed by atoms with Crippen LogP contribution in [0, 0.1) is 0 Å². The Kier molecular flexibility index (Phi) is 3.32. The quantitative estimate of drug-likeness (QED) is 0.755. The summed E-state index contributed by atoms with van der Waals surface area (Å²) in [7, 11) is -1.44.